The Bertz CT molecular complexity index is 1090. The summed E-state index contributed by atoms with van der Waals surface area (Å²) in [5.74, 6) is -0.0761. The summed E-state index contributed by atoms with van der Waals surface area (Å²) in [4.78, 5) is 32.6. The molecule has 1 aromatic carbocycles. The van der Waals surface area contributed by atoms with E-state index in [-0.39, 0.29) is 11.8 Å². The van der Waals surface area contributed by atoms with Crippen molar-refractivity contribution in [1.82, 2.24) is 25.0 Å². The molecule has 1 aliphatic rings. The summed E-state index contributed by atoms with van der Waals surface area (Å²) in [6, 6.07) is 13.9. The molecule has 1 N–H and O–H groups in total. The molecule has 3 aromatic rings. The fraction of sp³-hybridized carbons (Fsp3) is 0.360. The zero-order valence-corrected chi connectivity index (χ0v) is 18.6. The van der Waals surface area contributed by atoms with Gasteiger partial charge in [-0.1, -0.05) is 24.3 Å². The fourth-order valence-corrected chi connectivity index (χ4v) is 4.66. The maximum Gasteiger partial charge on any atom is 0.272 e. The van der Waals surface area contributed by atoms with E-state index in [4.69, 9.17) is 0 Å². The smallest absolute Gasteiger partial charge is 0.272 e. The molecule has 0 aliphatic carbocycles. The Morgan fingerprint density at radius 1 is 1.09 bits per heavy atom. The van der Waals surface area contributed by atoms with E-state index in [1.807, 2.05) is 36.1 Å². The van der Waals surface area contributed by atoms with Gasteiger partial charge in [-0.05, 0) is 61.1 Å². The minimum atomic E-state index is -0.689. The van der Waals surface area contributed by atoms with Crippen molar-refractivity contribution < 1.29 is 9.59 Å². The van der Waals surface area contributed by atoms with E-state index in [1.165, 1.54) is 0 Å². The van der Waals surface area contributed by atoms with E-state index in [9.17, 15) is 9.59 Å². The molecule has 7 nitrogen and oxygen atoms in total. The van der Waals surface area contributed by atoms with Gasteiger partial charge in [0.2, 0.25) is 5.91 Å². The first-order valence-electron chi connectivity index (χ1n) is 11.1. The van der Waals surface area contributed by atoms with Crippen LogP contribution >= 0.6 is 0 Å². The fourth-order valence-electron chi connectivity index (χ4n) is 4.66. The number of nitrogens with one attached hydrogen (secondary N) is 1. The van der Waals surface area contributed by atoms with Gasteiger partial charge in [-0.3, -0.25) is 19.3 Å². The Kier molecular flexibility index (Phi) is 6.35. The van der Waals surface area contributed by atoms with Gasteiger partial charge in [0.05, 0.1) is 5.41 Å². The molecule has 1 fully saturated rings. The highest BCUT2D eigenvalue weighted by molar-refractivity contribution is 5.93. The lowest BCUT2D eigenvalue weighted by molar-refractivity contribution is -0.133. The highest BCUT2D eigenvalue weighted by Gasteiger charge is 2.44. The molecule has 7 heteroatoms. The van der Waals surface area contributed by atoms with Gasteiger partial charge in [-0.15, -0.1) is 0 Å². The predicted molar refractivity (Wildman–Crippen MR) is 123 cm³/mol. The second kappa shape index (κ2) is 9.34. The third-order valence-corrected chi connectivity index (χ3v) is 6.26. The van der Waals surface area contributed by atoms with Crippen molar-refractivity contribution in [2.75, 3.05) is 19.6 Å². The van der Waals surface area contributed by atoms with Gasteiger partial charge in [0, 0.05) is 45.3 Å². The number of aryl methyl sites for hydroxylation is 1. The second-order valence-corrected chi connectivity index (χ2v) is 8.38. The van der Waals surface area contributed by atoms with Crippen molar-refractivity contribution in [3.05, 3.63) is 72.3 Å². The van der Waals surface area contributed by atoms with Crippen LogP contribution in [-0.4, -0.2) is 51.1 Å². The average Bonchev–Trinajstić information content (AvgIpc) is 3.25. The number of rotatable bonds is 6. The van der Waals surface area contributed by atoms with Crippen molar-refractivity contribution >= 4 is 11.8 Å². The van der Waals surface area contributed by atoms with E-state index in [2.05, 4.69) is 27.5 Å². The molecule has 0 spiro atoms. The monoisotopic (exact) mass is 431 g/mol. The summed E-state index contributed by atoms with van der Waals surface area (Å²) in [6.07, 6.45) is 7.25. The number of amides is 2. The zero-order valence-electron chi connectivity index (χ0n) is 18.6. The Hall–Kier alpha value is -3.48. The number of carbonyl (C=O) groups is 2. The van der Waals surface area contributed by atoms with Crippen molar-refractivity contribution in [2.24, 2.45) is 12.5 Å². The first-order chi connectivity index (χ1) is 15.5. The van der Waals surface area contributed by atoms with Crippen LogP contribution in [0, 0.1) is 5.41 Å². The normalized spacial score (nSPS) is 18.4. The number of aromatic nitrogens is 3. The lowest BCUT2D eigenvalue weighted by atomic mass is 9.73. The Morgan fingerprint density at radius 2 is 1.88 bits per heavy atom. The Balaban J connectivity index is 1.69. The van der Waals surface area contributed by atoms with E-state index in [0.717, 1.165) is 29.5 Å². The molecule has 2 aromatic heterocycles. The number of likely N-dealkylation sites (tertiary alicyclic amines) is 1. The molecular weight excluding hydrogens is 402 g/mol. The largest absolute Gasteiger partial charge is 0.356 e. The van der Waals surface area contributed by atoms with Gasteiger partial charge in [0.15, 0.2) is 0 Å². The molecule has 0 bridgehead atoms. The molecule has 0 unspecified atom stereocenters. The topological polar surface area (TPSA) is 80.1 Å². The second-order valence-electron chi connectivity index (χ2n) is 8.38. The quantitative estimate of drug-likeness (QED) is 0.650. The van der Waals surface area contributed by atoms with Crippen LogP contribution < -0.4 is 5.32 Å². The van der Waals surface area contributed by atoms with Gasteiger partial charge in [-0.25, -0.2) is 0 Å². The number of hydrogen-bond donors (Lipinski definition) is 1. The van der Waals surface area contributed by atoms with Crippen molar-refractivity contribution in [3.8, 4) is 11.1 Å². The van der Waals surface area contributed by atoms with Crippen LogP contribution in [0.3, 0.4) is 0 Å². The van der Waals surface area contributed by atoms with Crippen molar-refractivity contribution in [2.45, 2.75) is 26.2 Å². The number of carbonyl (C=O) groups excluding carboxylic acids is 2. The lowest BCUT2D eigenvalue weighted by Gasteiger charge is -2.42. The maximum absolute atomic E-state index is 13.4. The minimum Gasteiger partial charge on any atom is -0.356 e. The predicted octanol–water partition coefficient (Wildman–Crippen LogP) is 3.08. The molecule has 1 saturated heterocycles. The molecule has 1 aliphatic heterocycles. The molecule has 32 heavy (non-hydrogen) atoms. The third kappa shape index (κ3) is 4.28. The van der Waals surface area contributed by atoms with Gasteiger partial charge in [0.25, 0.3) is 5.91 Å². The van der Waals surface area contributed by atoms with Crippen LogP contribution in [0.4, 0.5) is 0 Å². The Morgan fingerprint density at radius 3 is 2.59 bits per heavy atom. The van der Waals surface area contributed by atoms with Crippen LogP contribution in [0.15, 0.2) is 61.1 Å². The van der Waals surface area contributed by atoms with Gasteiger partial charge < -0.3 is 10.2 Å². The molecule has 1 atom stereocenters. The first-order valence-corrected chi connectivity index (χ1v) is 11.1. The van der Waals surface area contributed by atoms with Gasteiger partial charge in [0.1, 0.15) is 5.69 Å². The summed E-state index contributed by atoms with van der Waals surface area (Å²) in [5.41, 5.74) is 3.11. The van der Waals surface area contributed by atoms with E-state index >= 15 is 0 Å². The van der Waals surface area contributed by atoms with Crippen LogP contribution in [0.1, 0.15) is 35.8 Å². The molecule has 2 amide bonds. The SMILES string of the molecule is CCNC(=O)[C@]1(Cc2ccccc2-c2ccncc2)CCCN(C(=O)c2ccnn2C)C1. The van der Waals surface area contributed by atoms with E-state index < -0.39 is 5.41 Å². The lowest BCUT2D eigenvalue weighted by Crippen LogP contribution is -2.54. The number of pyridine rings is 1. The number of hydrogen-bond acceptors (Lipinski definition) is 4. The summed E-state index contributed by atoms with van der Waals surface area (Å²) in [7, 11) is 1.76. The summed E-state index contributed by atoms with van der Waals surface area (Å²) in [5, 5.41) is 7.17. The molecule has 166 valence electrons. The van der Waals surface area contributed by atoms with Crippen LogP contribution in [0.25, 0.3) is 11.1 Å². The van der Waals surface area contributed by atoms with Crippen molar-refractivity contribution in [1.29, 1.82) is 0 Å². The molecule has 4 rings (SSSR count). The van der Waals surface area contributed by atoms with Gasteiger partial charge >= 0.3 is 0 Å². The third-order valence-electron chi connectivity index (χ3n) is 6.26. The maximum atomic E-state index is 13.4. The van der Waals surface area contributed by atoms with E-state index in [0.29, 0.717) is 31.7 Å². The average molecular weight is 432 g/mol. The number of benzene rings is 1. The van der Waals surface area contributed by atoms with Gasteiger partial charge in [-0.2, -0.15) is 5.10 Å². The minimum absolute atomic E-state index is 0.00652. The van der Waals surface area contributed by atoms with Crippen LogP contribution in [0.2, 0.25) is 0 Å². The molecule has 3 heterocycles. The van der Waals surface area contributed by atoms with E-state index in [1.54, 1.807) is 36.4 Å². The molecule has 0 radical (unpaired) electrons. The van der Waals surface area contributed by atoms with Crippen LogP contribution in [-0.2, 0) is 18.3 Å². The summed E-state index contributed by atoms with van der Waals surface area (Å²) < 4.78 is 1.59. The number of nitrogens with zero attached hydrogens (tertiary/aromatic N) is 4. The zero-order chi connectivity index (χ0) is 22.6. The number of piperidine rings is 1. The van der Waals surface area contributed by atoms with Crippen LogP contribution in [0.5, 0.6) is 0 Å². The first kappa shape index (κ1) is 21.7. The highest BCUT2D eigenvalue weighted by atomic mass is 16.2. The van der Waals surface area contributed by atoms with Crippen molar-refractivity contribution in [3.63, 3.8) is 0 Å². The molecule has 0 saturated carbocycles. The Labute approximate surface area is 188 Å². The highest BCUT2D eigenvalue weighted by Crippen LogP contribution is 2.37. The standard InChI is InChI=1S/C25H29N5O2/c1-3-27-24(32)25(12-6-16-30(18-25)23(31)22-11-15-28-29(22)2)17-20-7-4-5-8-21(20)19-9-13-26-14-10-19/h4-5,7-11,13-15H,3,6,12,16-18H2,1-2H3,(H,27,32)/t25-/m0/s1. The summed E-state index contributed by atoms with van der Waals surface area (Å²) >= 11 is 0. The summed E-state index contributed by atoms with van der Waals surface area (Å²) in [6.45, 7) is 3.50. The molecular formula is C25H29N5O2.